The summed E-state index contributed by atoms with van der Waals surface area (Å²) in [5.74, 6) is 1.14. The Bertz CT molecular complexity index is 1490. The van der Waals surface area contributed by atoms with Crippen LogP contribution in [0, 0.1) is 11.3 Å². The molecule has 0 N–H and O–H groups in total. The first-order chi connectivity index (χ1) is 16.7. The quantitative estimate of drug-likeness (QED) is 0.365. The molecule has 0 saturated carbocycles. The average molecular weight is 453 g/mol. The molecule has 0 saturated heterocycles. The van der Waals surface area contributed by atoms with Crippen LogP contribution < -0.4 is 9.47 Å². The second-order valence-electron chi connectivity index (χ2n) is 7.47. The van der Waals surface area contributed by atoms with Crippen LogP contribution in [0.4, 0.5) is 0 Å². The van der Waals surface area contributed by atoms with Gasteiger partial charge in [-0.05, 0) is 47.7 Å². The van der Waals surface area contributed by atoms with Crippen molar-refractivity contribution < 1.29 is 9.47 Å². The lowest BCUT2D eigenvalue weighted by Gasteiger charge is -2.15. The smallest absolute Gasteiger partial charge is 0.154 e. The number of nitrogens with zero attached hydrogens (tertiary/aromatic N) is 9. The minimum absolute atomic E-state index is 0.141. The number of aromatic nitrogens is 8. The van der Waals surface area contributed by atoms with Gasteiger partial charge in [0, 0.05) is 11.8 Å². The van der Waals surface area contributed by atoms with Crippen molar-refractivity contribution in [1.29, 1.82) is 5.26 Å². The number of pyridine rings is 1. The van der Waals surface area contributed by atoms with Crippen LogP contribution in [0.5, 0.6) is 11.5 Å². The van der Waals surface area contributed by atoms with Crippen molar-refractivity contribution in [2.45, 2.75) is 19.6 Å². The summed E-state index contributed by atoms with van der Waals surface area (Å²) in [4.78, 5) is 8.81. The molecule has 0 aliphatic carbocycles. The van der Waals surface area contributed by atoms with Crippen molar-refractivity contribution in [2.24, 2.45) is 0 Å². The molecular weight excluding hydrogens is 434 g/mol. The SMILES string of the molecule is COc1ccnc(-c2cnc3ccc(-c4cccc(O[C@@H](C)Cn5cnnn5)c4)nn23)c1C#N. The molecule has 0 amide bonds. The Kier molecular flexibility index (Phi) is 5.53. The van der Waals surface area contributed by atoms with Gasteiger partial charge in [0.1, 0.15) is 47.0 Å². The highest BCUT2D eigenvalue weighted by Crippen LogP contribution is 2.29. The fourth-order valence-electron chi connectivity index (χ4n) is 3.63. The Hall–Kier alpha value is -4.85. The maximum atomic E-state index is 9.67. The third kappa shape index (κ3) is 4.00. The third-order valence-corrected chi connectivity index (χ3v) is 5.15. The lowest BCUT2D eigenvalue weighted by Crippen LogP contribution is -2.20. The monoisotopic (exact) mass is 453 g/mol. The standard InChI is InChI=1S/C23H19N9O2/c1-15(13-31-14-27-29-30-31)34-17-5-3-4-16(10-17)19-6-7-22-26-12-20(32(22)28-19)23-18(11-24)21(33-2)8-9-25-23/h3-10,12,14-15H,13H2,1-2H3/t15-/m0/s1. The van der Waals surface area contributed by atoms with Gasteiger partial charge in [0.05, 0.1) is 25.5 Å². The maximum absolute atomic E-state index is 9.67. The Morgan fingerprint density at radius 2 is 2.06 bits per heavy atom. The van der Waals surface area contributed by atoms with Gasteiger partial charge in [0.25, 0.3) is 0 Å². The van der Waals surface area contributed by atoms with Crippen molar-refractivity contribution in [3.05, 3.63) is 66.7 Å². The molecule has 168 valence electrons. The summed E-state index contributed by atoms with van der Waals surface area (Å²) >= 11 is 0. The van der Waals surface area contributed by atoms with Crippen LogP contribution in [0.2, 0.25) is 0 Å². The number of hydrogen-bond acceptors (Lipinski definition) is 9. The van der Waals surface area contributed by atoms with Crippen LogP contribution >= 0.6 is 0 Å². The number of benzene rings is 1. The first-order valence-corrected chi connectivity index (χ1v) is 10.4. The van der Waals surface area contributed by atoms with E-state index in [-0.39, 0.29) is 6.10 Å². The Morgan fingerprint density at radius 3 is 2.85 bits per heavy atom. The summed E-state index contributed by atoms with van der Waals surface area (Å²) in [6, 6.07) is 15.2. The minimum Gasteiger partial charge on any atom is -0.495 e. The Morgan fingerprint density at radius 1 is 1.15 bits per heavy atom. The van der Waals surface area contributed by atoms with E-state index in [0.29, 0.717) is 46.3 Å². The Balaban J connectivity index is 1.48. The summed E-state index contributed by atoms with van der Waals surface area (Å²) in [6.07, 6.45) is 4.65. The van der Waals surface area contributed by atoms with E-state index in [4.69, 9.17) is 14.6 Å². The lowest BCUT2D eigenvalue weighted by atomic mass is 10.1. The zero-order valence-electron chi connectivity index (χ0n) is 18.4. The molecular formula is C23H19N9O2. The first kappa shape index (κ1) is 21.0. The zero-order chi connectivity index (χ0) is 23.5. The molecule has 0 bridgehead atoms. The number of hydrogen-bond donors (Lipinski definition) is 0. The van der Waals surface area contributed by atoms with E-state index in [0.717, 1.165) is 5.56 Å². The van der Waals surface area contributed by atoms with Crippen LogP contribution in [0.3, 0.4) is 0 Å². The highest BCUT2D eigenvalue weighted by molar-refractivity contribution is 5.70. The van der Waals surface area contributed by atoms with Crippen molar-refractivity contribution in [1.82, 2.24) is 39.8 Å². The predicted molar refractivity (Wildman–Crippen MR) is 121 cm³/mol. The third-order valence-electron chi connectivity index (χ3n) is 5.15. The molecule has 5 aromatic rings. The number of methoxy groups -OCH3 is 1. The number of imidazole rings is 1. The van der Waals surface area contributed by atoms with Gasteiger partial charge in [0.2, 0.25) is 0 Å². The van der Waals surface area contributed by atoms with E-state index < -0.39 is 0 Å². The van der Waals surface area contributed by atoms with Gasteiger partial charge in [-0.15, -0.1) is 5.10 Å². The molecule has 0 unspecified atom stereocenters. The average Bonchev–Trinajstić information content (AvgIpc) is 3.53. The molecule has 0 aliphatic heterocycles. The van der Waals surface area contributed by atoms with Crippen molar-refractivity contribution in [3.63, 3.8) is 0 Å². The summed E-state index contributed by atoms with van der Waals surface area (Å²) < 4.78 is 14.7. The van der Waals surface area contributed by atoms with Gasteiger partial charge < -0.3 is 9.47 Å². The molecule has 11 heteroatoms. The molecule has 4 aromatic heterocycles. The topological polar surface area (TPSA) is 129 Å². The summed E-state index contributed by atoms with van der Waals surface area (Å²) in [5.41, 5.74) is 3.59. The highest BCUT2D eigenvalue weighted by atomic mass is 16.5. The van der Waals surface area contributed by atoms with Crippen molar-refractivity contribution in [2.75, 3.05) is 7.11 Å². The van der Waals surface area contributed by atoms with E-state index in [2.05, 4.69) is 31.6 Å². The van der Waals surface area contributed by atoms with E-state index in [1.807, 2.05) is 43.3 Å². The molecule has 0 spiro atoms. The van der Waals surface area contributed by atoms with Crippen LogP contribution in [0.15, 0.2) is 61.2 Å². The highest BCUT2D eigenvalue weighted by Gasteiger charge is 2.17. The van der Waals surface area contributed by atoms with Crippen molar-refractivity contribution in [3.8, 4) is 40.2 Å². The molecule has 11 nitrogen and oxygen atoms in total. The van der Waals surface area contributed by atoms with Gasteiger partial charge >= 0.3 is 0 Å². The van der Waals surface area contributed by atoms with E-state index in [9.17, 15) is 5.26 Å². The molecule has 4 heterocycles. The molecule has 0 radical (unpaired) electrons. The molecule has 34 heavy (non-hydrogen) atoms. The van der Waals surface area contributed by atoms with Crippen molar-refractivity contribution >= 4 is 5.65 Å². The molecule has 5 rings (SSSR count). The summed E-state index contributed by atoms with van der Waals surface area (Å²) in [7, 11) is 1.52. The number of nitriles is 1. The molecule has 1 atom stereocenters. The summed E-state index contributed by atoms with van der Waals surface area (Å²) in [5, 5.41) is 25.6. The number of ether oxygens (including phenoxy) is 2. The van der Waals surface area contributed by atoms with Gasteiger partial charge in [-0.2, -0.15) is 10.4 Å². The van der Waals surface area contributed by atoms with Crippen LogP contribution in [0.25, 0.3) is 28.3 Å². The second kappa shape index (κ2) is 8.95. The number of rotatable bonds is 7. The number of tetrazole rings is 1. The van der Waals surface area contributed by atoms with Crippen LogP contribution in [-0.2, 0) is 6.54 Å². The summed E-state index contributed by atoms with van der Waals surface area (Å²) in [6.45, 7) is 2.47. The van der Waals surface area contributed by atoms with Gasteiger partial charge in [0.15, 0.2) is 5.65 Å². The maximum Gasteiger partial charge on any atom is 0.154 e. The Labute approximate surface area is 194 Å². The minimum atomic E-state index is -0.141. The zero-order valence-corrected chi connectivity index (χ0v) is 18.4. The van der Waals surface area contributed by atoms with Crippen LogP contribution in [0.1, 0.15) is 12.5 Å². The van der Waals surface area contributed by atoms with Gasteiger partial charge in [-0.3, -0.25) is 4.98 Å². The van der Waals surface area contributed by atoms with E-state index in [1.165, 1.54) is 7.11 Å². The second-order valence-corrected chi connectivity index (χ2v) is 7.47. The van der Waals surface area contributed by atoms with Gasteiger partial charge in [-0.25, -0.2) is 14.2 Å². The van der Waals surface area contributed by atoms with E-state index in [1.54, 1.807) is 34.0 Å². The predicted octanol–water partition coefficient (Wildman–Crippen LogP) is 2.79. The largest absolute Gasteiger partial charge is 0.495 e. The van der Waals surface area contributed by atoms with Crippen LogP contribution in [-0.4, -0.2) is 53.0 Å². The van der Waals surface area contributed by atoms with E-state index >= 15 is 0 Å². The first-order valence-electron chi connectivity index (χ1n) is 10.4. The normalized spacial score (nSPS) is 11.8. The lowest BCUT2D eigenvalue weighted by molar-refractivity contribution is 0.193. The molecule has 0 fully saturated rings. The van der Waals surface area contributed by atoms with Gasteiger partial charge in [-0.1, -0.05) is 12.1 Å². The fraction of sp³-hybridized carbons (Fsp3) is 0.174. The fourth-order valence-corrected chi connectivity index (χ4v) is 3.63. The molecule has 1 aromatic carbocycles. The molecule has 0 aliphatic rings. The number of fused-ring (bicyclic) bond motifs is 1.